The fourth-order valence-electron chi connectivity index (χ4n) is 3.05. The molecule has 130 valence electrons. The predicted octanol–water partition coefficient (Wildman–Crippen LogP) is 2.36. The van der Waals surface area contributed by atoms with E-state index < -0.39 is 0 Å². The molecule has 0 spiro atoms. The Bertz CT molecular complexity index is 627. The number of aromatic nitrogens is 2. The van der Waals surface area contributed by atoms with Crippen molar-refractivity contribution < 1.29 is 4.79 Å². The highest BCUT2D eigenvalue weighted by Crippen LogP contribution is 2.16. The van der Waals surface area contributed by atoms with Gasteiger partial charge in [-0.15, -0.1) is 12.4 Å². The zero-order chi connectivity index (χ0) is 16.1. The molecule has 2 aromatic rings. The Morgan fingerprint density at radius 1 is 1.33 bits per heavy atom. The molecule has 6 heteroatoms. The first-order chi connectivity index (χ1) is 11.2. The molecule has 1 aliphatic rings. The van der Waals surface area contributed by atoms with Gasteiger partial charge in [0.1, 0.15) is 0 Å². The summed E-state index contributed by atoms with van der Waals surface area (Å²) < 4.78 is 1.90. The number of hydrogen-bond donors (Lipinski definition) is 2. The molecule has 1 aromatic heterocycles. The van der Waals surface area contributed by atoms with Crippen molar-refractivity contribution in [3.8, 4) is 0 Å². The number of nitrogens with zero attached hydrogens (tertiary/aromatic N) is 2. The summed E-state index contributed by atoms with van der Waals surface area (Å²) in [4.78, 5) is 12.2. The average molecular weight is 349 g/mol. The number of hydrogen-bond acceptors (Lipinski definition) is 3. The van der Waals surface area contributed by atoms with Crippen LogP contribution in [0.15, 0.2) is 42.7 Å². The molecule has 2 heterocycles. The van der Waals surface area contributed by atoms with E-state index in [1.54, 1.807) is 6.20 Å². The molecule has 3 rings (SSSR count). The maximum Gasteiger partial charge on any atom is 0.223 e. The maximum atomic E-state index is 12.2. The van der Waals surface area contributed by atoms with Gasteiger partial charge < -0.3 is 10.6 Å². The molecule has 24 heavy (non-hydrogen) atoms. The molecule has 1 saturated heterocycles. The minimum absolute atomic E-state index is 0. The summed E-state index contributed by atoms with van der Waals surface area (Å²) in [5.41, 5.74) is 2.33. The van der Waals surface area contributed by atoms with Crippen LogP contribution >= 0.6 is 12.4 Å². The molecule has 1 fully saturated rings. The first kappa shape index (κ1) is 18.5. The second-order valence-electron chi connectivity index (χ2n) is 6.31. The normalized spacial score (nSPS) is 20.2. The van der Waals surface area contributed by atoms with Gasteiger partial charge in [-0.1, -0.05) is 24.3 Å². The van der Waals surface area contributed by atoms with E-state index in [4.69, 9.17) is 0 Å². The number of amides is 1. The highest BCUT2D eigenvalue weighted by molar-refractivity contribution is 5.85. The smallest absolute Gasteiger partial charge is 0.223 e. The molecule has 2 atom stereocenters. The Kier molecular flexibility index (Phi) is 6.82. The van der Waals surface area contributed by atoms with E-state index in [1.165, 1.54) is 5.56 Å². The summed E-state index contributed by atoms with van der Waals surface area (Å²) in [7, 11) is 0. The number of carbonyl (C=O) groups excluding carboxylic acids is 1. The lowest BCUT2D eigenvalue weighted by atomic mass is 9.92. The molecule has 0 bridgehead atoms. The standard InChI is InChI=1S/C18H24N4O.ClH/c1-14-11-17(7-9-19-14)18(23)20-12-15-3-5-16(6-4-15)13-22-10-2-8-21-22;/h2-6,8,10,14,17,19H,7,9,11-13H2,1H3,(H,20,23);1H/t14-,17-;/m0./s1. The summed E-state index contributed by atoms with van der Waals surface area (Å²) in [6, 6.07) is 10.7. The summed E-state index contributed by atoms with van der Waals surface area (Å²) in [5, 5.41) is 10.7. The van der Waals surface area contributed by atoms with Gasteiger partial charge in [0.15, 0.2) is 0 Å². The Balaban J connectivity index is 0.00000208. The van der Waals surface area contributed by atoms with Crippen molar-refractivity contribution in [3.05, 3.63) is 53.9 Å². The number of halogens is 1. The van der Waals surface area contributed by atoms with E-state index >= 15 is 0 Å². The van der Waals surface area contributed by atoms with Gasteiger partial charge in [0, 0.05) is 30.9 Å². The zero-order valence-corrected chi connectivity index (χ0v) is 14.8. The summed E-state index contributed by atoms with van der Waals surface area (Å²) in [5.74, 6) is 0.323. The number of piperidine rings is 1. The summed E-state index contributed by atoms with van der Waals surface area (Å²) in [6.45, 7) is 4.44. The molecular weight excluding hydrogens is 324 g/mol. The monoisotopic (exact) mass is 348 g/mol. The third kappa shape index (κ3) is 5.08. The Hall–Kier alpha value is -1.85. The molecule has 1 aromatic carbocycles. The van der Waals surface area contributed by atoms with Crippen LogP contribution in [-0.2, 0) is 17.9 Å². The van der Waals surface area contributed by atoms with Gasteiger partial charge in [-0.25, -0.2) is 0 Å². The highest BCUT2D eigenvalue weighted by atomic mass is 35.5. The number of rotatable bonds is 5. The van der Waals surface area contributed by atoms with Crippen molar-refractivity contribution in [1.29, 1.82) is 0 Å². The van der Waals surface area contributed by atoms with Gasteiger partial charge in [-0.05, 0) is 43.5 Å². The zero-order valence-electron chi connectivity index (χ0n) is 13.9. The van der Waals surface area contributed by atoms with Crippen molar-refractivity contribution in [1.82, 2.24) is 20.4 Å². The van der Waals surface area contributed by atoms with E-state index in [-0.39, 0.29) is 24.2 Å². The number of benzene rings is 1. The van der Waals surface area contributed by atoms with E-state index in [9.17, 15) is 4.79 Å². The molecule has 5 nitrogen and oxygen atoms in total. The fourth-order valence-corrected chi connectivity index (χ4v) is 3.05. The Morgan fingerprint density at radius 3 is 2.75 bits per heavy atom. The molecule has 0 unspecified atom stereocenters. The molecule has 0 saturated carbocycles. The van der Waals surface area contributed by atoms with Gasteiger partial charge >= 0.3 is 0 Å². The topological polar surface area (TPSA) is 59.0 Å². The number of nitrogens with one attached hydrogen (secondary N) is 2. The Morgan fingerprint density at radius 2 is 2.08 bits per heavy atom. The van der Waals surface area contributed by atoms with Crippen LogP contribution in [0.3, 0.4) is 0 Å². The van der Waals surface area contributed by atoms with Crippen molar-refractivity contribution in [3.63, 3.8) is 0 Å². The van der Waals surface area contributed by atoms with Crippen molar-refractivity contribution in [2.75, 3.05) is 6.54 Å². The molecule has 1 amide bonds. The van der Waals surface area contributed by atoms with Crippen molar-refractivity contribution in [2.24, 2.45) is 5.92 Å². The van der Waals surface area contributed by atoms with Crippen LogP contribution in [0.1, 0.15) is 30.9 Å². The first-order valence-corrected chi connectivity index (χ1v) is 8.27. The van der Waals surface area contributed by atoms with Crippen LogP contribution in [-0.4, -0.2) is 28.3 Å². The average Bonchev–Trinajstić information content (AvgIpc) is 3.07. The van der Waals surface area contributed by atoms with E-state index in [2.05, 4.69) is 46.9 Å². The van der Waals surface area contributed by atoms with Crippen LogP contribution in [0.25, 0.3) is 0 Å². The van der Waals surface area contributed by atoms with E-state index in [0.717, 1.165) is 31.5 Å². The second kappa shape index (κ2) is 8.85. The van der Waals surface area contributed by atoms with Gasteiger partial charge in [0.2, 0.25) is 5.91 Å². The lowest BCUT2D eigenvalue weighted by Gasteiger charge is -2.27. The minimum Gasteiger partial charge on any atom is -0.352 e. The fraction of sp³-hybridized carbons (Fsp3) is 0.444. The van der Waals surface area contributed by atoms with Gasteiger partial charge in [0.05, 0.1) is 6.54 Å². The van der Waals surface area contributed by atoms with Crippen LogP contribution in [0.4, 0.5) is 0 Å². The highest BCUT2D eigenvalue weighted by Gasteiger charge is 2.24. The second-order valence-corrected chi connectivity index (χ2v) is 6.31. The van der Waals surface area contributed by atoms with Crippen LogP contribution in [0.5, 0.6) is 0 Å². The third-order valence-corrected chi connectivity index (χ3v) is 4.39. The molecule has 2 N–H and O–H groups in total. The lowest BCUT2D eigenvalue weighted by molar-refractivity contribution is -0.126. The van der Waals surface area contributed by atoms with E-state index in [0.29, 0.717) is 12.6 Å². The molecule has 0 radical (unpaired) electrons. The Labute approximate surface area is 149 Å². The van der Waals surface area contributed by atoms with Crippen LogP contribution in [0.2, 0.25) is 0 Å². The quantitative estimate of drug-likeness (QED) is 0.872. The van der Waals surface area contributed by atoms with Crippen molar-refractivity contribution in [2.45, 2.75) is 38.9 Å². The maximum absolute atomic E-state index is 12.2. The predicted molar refractivity (Wildman–Crippen MR) is 97.1 cm³/mol. The first-order valence-electron chi connectivity index (χ1n) is 8.27. The molecule has 0 aliphatic carbocycles. The SMILES string of the molecule is C[C@H]1C[C@@H](C(=O)NCc2ccc(Cn3cccn3)cc2)CCN1.Cl. The van der Waals surface area contributed by atoms with Crippen molar-refractivity contribution >= 4 is 18.3 Å². The van der Waals surface area contributed by atoms with Crippen LogP contribution in [0, 0.1) is 5.92 Å². The molecular formula is C18H25ClN4O. The minimum atomic E-state index is 0. The molecule has 1 aliphatic heterocycles. The summed E-state index contributed by atoms with van der Waals surface area (Å²) >= 11 is 0. The van der Waals surface area contributed by atoms with Crippen LogP contribution < -0.4 is 10.6 Å². The largest absolute Gasteiger partial charge is 0.352 e. The van der Waals surface area contributed by atoms with E-state index in [1.807, 2.05) is 16.9 Å². The van der Waals surface area contributed by atoms with Gasteiger partial charge in [-0.2, -0.15) is 5.10 Å². The third-order valence-electron chi connectivity index (χ3n) is 4.39. The lowest BCUT2D eigenvalue weighted by Crippen LogP contribution is -2.42. The summed E-state index contributed by atoms with van der Waals surface area (Å²) in [6.07, 6.45) is 5.59. The number of carbonyl (C=O) groups is 1. The van der Waals surface area contributed by atoms with Gasteiger partial charge in [-0.3, -0.25) is 9.48 Å². The van der Waals surface area contributed by atoms with Gasteiger partial charge in [0.25, 0.3) is 0 Å².